The van der Waals surface area contributed by atoms with E-state index in [-0.39, 0.29) is 0 Å². The lowest BCUT2D eigenvalue weighted by Crippen LogP contribution is -2.02. The second kappa shape index (κ2) is 11.4. The van der Waals surface area contributed by atoms with Gasteiger partial charge in [-0.2, -0.15) is 0 Å². The fourth-order valence-corrected chi connectivity index (χ4v) is 7.35. The monoisotopic (exact) mass is 639 g/mol. The Labute approximate surface area is 288 Å². The maximum Gasteiger partial charge on any atom is 0.159 e. The molecular weight excluding hydrogens is 611 g/mol. The molecule has 4 heterocycles. The molecule has 0 N–H and O–H groups in total. The van der Waals surface area contributed by atoms with Crippen molar-refractivity contribution in [2.75, 3.05) is 0 Å². The highest BCUT2D eigenvalue weighted by Gasteiger charge is 2.20. The maximum absolute atomic E-state index is 5.17. The predicted molar refractivity (Wildman–Crippen MR) is 205 cm³/mol. The summed E-state index contributed by atoms with van der Waals surface area (Å²) in [6, 6.07) is 57.4. The SMILES string of the molecule is c1ccc(-c2ncc(-n3c4ccc(-c5ccc6c7ccccc7n(-c7ccccc7)c6c5)cc4c4ncccc43)c(-c3ccccc3)n2)cc1. The number of benzene rings is 6. The number of rotatable bonds is 5. The Morgan fingerprint density at radius 3 is 1.86 bits per heavy atom. The highest BCUT2D eigenvalue weighted by atomic mass is 15.0. The van der Waals surface area contributed by atoms with Crippen molar-refractivity contribution in [1.82, 2.24) is 24.1 Å². The van der Waals surface area contributed by atoms with E-state index < -0.39 is 0 Å². The Morgan fingerprint density at radius 2 is 1.04 bits per heavy atom. The fourth-order valence-electron chi connectivity index (χ4n) is 7.35. The molecule has 5 heteroatoms. The first-order chi connectivity index (χ1) is 24.8. The third kappa shape index (κ3) is 4.45. The minimum atomic E-state index is 0.692. The van der Waals surface area contributed by atoms with Gasteiger partial charge in [-0.25, -0.2) is 9.97 Å². The van der Waals surface area contributed by atoms with Gasteiger partial charge in [0.05, 0.1) is 45.2 Å². The molecule has 10 rings (SSSR count). The average molecular weight is 640 g/mol. The maximum atomic E-state index is 5.17. The van der Waals surface area contributed by atoms with E-state index in [1.807, 2.05) is 54.9 Å². The van der Waals surface area contributed by atoms with Crippen molar-refractivity contribution in [2.24, 2.45) is 0 Å². The molecule has 0 fully saturated rings. The smallest absolute Gasteiger partial charge is 0.159 e. The van der Waals surface area contributed by atoms with Crippen LogP contribution in [0.5, 0.6) is 0 Å². The topological polar surface area (TPSA) is 48.5 Å². The van der Waals surface area contributed by atoms with E-state index in [9.17, 15) is 0 Å². The van der Waals surface area contributed by atoms with Crippen molar-refractivity contribution in [3.8, 4) is 45.1 Å². The number of fused-ring (bicyclic) bond motifs is 6. The second-order valence-corrected chi connectivity index (χ2v) is 12.5. The summed E-state index contributed by atoms with van der Waals surface area (Å²) in [5.74, 6) is 0.692. The van der Waals surface area contributed by atoms with Crippen LogP contribution in [-0.2, 0) is 0 Å². The molecule has 0 aliphatic carbocycles. The number of para-hydroxylation sites is 2. The molecule has 0 aliphatic rings. The van der Waals surface area contributed by atoms with Crippen LogP contribution in [0.25, 0.3) is 88.9 Å². The molecule has 0 saturated carbocycles. The summed E-state index contributed by atoms with van der Waals surface area (Å²) in [6.07, 6.45) is 3.82. The van der Waals surface area contributed by atoms with Crippen LogP contribution in [0.2, 0.25) is 0 Å². The van der Waals surface area contributed by atoms with E-state index in [1.54, 1.807) is 0 Å². The zero-order valence-corrected chi connectivity index (χ0v) is 27.0. The van der Waals surface area contributed by atoms with Gasteiger partial charge < -0.3 is 9.13 Å². The first-order valence-corrected chi connectivity index (χ1v) is 16.8. The summed E-state index contributed by atoms with van der Waals surface area (Å²) in [5.41, 5.74) is 12.6. The molecule has 234 valence electrons. The van der Waals surface area contributed by atoms with Gasteiger partial charge in [0.1, 0.15) is 0 Å². The molecule has 5 nitrogen and oxygen atoms in total. The van der Waals surface area contributed by atoms with E-state index in [0.717, 1.165) is 61.3 Å². The number of pyridine rings is 1. The third-order valence-electron chi connectivity index (χ3n) is 9.63. The van der Waals surface area contributed by atoms with Crippen molar-refractivity contribution < 1.29 is 0 Å². The van der Waals surface area contributed by atoms with Gasteiger partial charge >= 0.3 is 0 Å². The van der Waals surface area contributed by atoms with E-state index >= 15 is 0 Å². The molecule has 6 aromatic carbocycles. The standard InChI is InChI=1S/C45H29N5/c1-4-13-30(14-5-1)43-42(29-47-45(48-43)31-15-6-2-7-16-31)50-39-25-23-32(27-37(39)44-40(50)21-12-26-46-44)33-22-24-36-35-19-10-11-20-38(35)49(41(36)28-33)34-17-8-3-9-18-34/h1-29H. The molecule has 0 spiro atoms. The molecule has 0 atom stereocenters. The largest absolute Gasteiger partial charge is 0.309 e. The zero-order chi connectivity index (χ0) is 33.0. The lowest BCUT2D eigenvalue weighted by molar-refractivity contribution is 1.08. The minimum Gasteiger partial charge on any atom is -0.309 e. The van der Waals surface area contributed by atoms with Gasteiger partial charge in [0.2, 0.25) is 0 Å². The predicted octanol–water partition coefficient (Wildman–Crippen LogP) is 11.1. The Kier molecular flexibility index (Phi) is 6.42. The summed E-state index contributed by atoms with van der Waals surface area (Å²) < 4.78 is 4.62. The van der Waals surface area contributed by atoms with Crippen molar-refractivity contribution in [3.63, 3.8) is 0 Å². The molecule has 0 amide bonds. The molecule has 0 aliphatic heterocycles. The van der Waals surface area contributed by atoms with Gasteiger partial charge in [0.25, 0.3) is 0 Å². The Hall–Kier alpha value is -6.85. The zero-order valence-electron chi connectivity index (χ0n) is 27.0. The number of hydrogen-bond donors (Lipinski definition) is 0. The van der Waals surface area contributed by atoms with E-state index in [4.69, 9.17) is 15.0 Å². The van der Waals surface area contributed by atoms with E-state index in [1.165, 1.54) is 21.8 Å². The third-order valence-corrected chi connectivity index (χ3v) is 9.63. The van der Waals surface area contributed by atoms with Crippen LogP contribution in [0, 0.1) is 0 Å². The van der Waals surface area contributed by atoms with Crippen molar-refractivity contribution in [1.29, 1.82) is 0 Å². The van der Waals surface area contributed by atoms with Crippen LogP contribution in [0.3, 0.4) is 0 Å². The van der Waals surface area contributed by atoms with Gasteiger partial charge in [-0.1, -0.05) is 115 Å². The van der Waals surface area contributed by atoms with Crippen LogP contribution in [-0.4, -0.2) is 24.1 Å². The average Bonchev–Trinajstić information content (AvgIpc) is 3.71. The number of hydrogen-bond acceptors (Lipinski definition) is 3. The first-order valence-electron chi connectivity index (χ1n) is 16.8. The lowest BCUT2D eigenvalue weighted by Gasteiger charge is -2.14. The minimum absolute atomic E-state index is 0.692. The summed E-state index contributed by atoms with van der Waals surface area (Å²) in [7, 11) is 0. The molecule has 0 unspecified atom stereocenters. The first kappa shape index (κ1) is 28.2. The normalized spacial score (nSPS) is 11.6. The second-order valence-electron chi connectivity index (χ2n) is 12.5. The van der Waals surface area contributed by atoms with Crippen LogP contribution in [0.1, 0.15) is 0 Å². The molecule has 0 radical (unpaired) electrons. The van der Waals surface area contributed by atoms with Gasteiger partial charge in [-0.15, -0.1) is 0 Å². The highest BCUT2D eigenvalue weighted by molar-refractivity contribution is 6.11. The molecular formula is C45H29N5. The van der Waals surface area contributed by atoms with Crippen LogP contribution < -0.4 is 0 Å². The van der Waals surface area contributed by atoms with E-state index in [0.29, 0.717) is 5.82 Å². The summed E-state index contributed by atoms with van der Waals surface area (Å²) in [5, 5.41) is 3.56. The molecule has 4 aromatic heterocycles. The molecule has 0 bridgehead atoms. The van der Waals surface area contributed by atoms with Crippen LogP contribution in [0.15, 0.2) is 176 Å². The summed E-state index contributed by atoms with van der Waals surface area (Å²) in [4.78, 5) is 15.0. The van der Waals surface area contributed by atoms with Gasteiger partial charge in [-0.05, 0) is 59.7 Å². The Balaban J connectivity index is 1.19. The van der Waals surface area contributed by atoms with Gasteiger partial charge in [0.15, 0.2) is 5.82 Å². The quantitative estimate of drug-likeness (QED) is 0.188. The van der Waals surface area contributed by atoms with Crippen LogP contribution in [0.4, 0.5) is 0 Å². The lowest BCUT2D eigenvalue weighted by atomic mass is 10.0. The highest BCUT2D eigenvalue weighted by Crippen LogP contribution is 2.39. The fraction of sp³-hybridized carbons (Fsp3) is 0. The summed E-state index contributed by atoms with van der Waals surface area (Å²) >= 11 is 0. The van der Waals surface area contributed by atoms with E-state index in [2.05, 4.69) is 130 Å². The van der Waals surface area contributed by atoms with Crippen LogP contribution >= 0.6 is 0 Å². The summed E-state index contributed by atoms with van der Waals surface area (Å²) in [6.45, 7) is 0. The molecule has 10 aromatic rings. The number of aromatic nitrogens is 5. The van der Waals surface area contributed by atoms with Gasteiger partial charge in [0, 0.05) is 39.2 Å². The number of nitrogens with zero attached hydrogens (tertiary/aromatic N) is 5. The van der Waals surface area contributed by atoms with Gasteiger partial charge in [-0.3, -0.25) is 4.98 Å². The Morgan fingerprint density at radius 1 is 0.400 bits per heavy atom. The van der Waals surface area contributed by atoms with Crippen molar-refractivity contribution in [3.05, 3.63) is 176 Å². The van der Waals surface area contributed by atoms with Crippen molar-refractivity contribution >= 4 is 43.7 Å². The Bertz CT molecular complexity index is 2850. The molecule has 50 heavy (non-hydrogen) atoms. The molecule has 0 saturated heterocycles. The van der Waals surface area contributed by atoms with Crippen molar-refractivity contribution in [2.45, 2.75) is 0 Å².